The Hall–Kier alpha value is -2.88. The van der Waals surface area contributed by atoms with E-state index in [4.69, 9.17) is 4.74 Å². The Balaban J connectivity index is 2.12. The van der Waals surface area contributed by atoms with E-state index in [9.17, 15) is 14.3 Å². The normalized spacial score (nSPS) is 10.5. The Bertz CT molecular complexity index is 827. The lowest BCUT2D eigenvalue weighted by Gasteiger charge is -2.10. The molecule has 0 heterocycles. The first-order valence-electron chi connectivity index (χ1n) is 6.33. The molecule has 3 rings (SSSR count). The number of carboxylic acid groups (broad SMARTS) is 1. The van der Waals surface area contributed by atoms with Crippen LogP contribution in [0.15, 0.2) is 60.7 Å². The minimum Gasteiger partial charge on any atom is -0.478 e. The molecule has 1 N–H and O–H groups in total. The van der Waals surface area contributed by atoms with Gasteiger partial charge in [0.1, 0.15) is 17.3 Å². The van der Waals surface area contributed by atoms with Gasteiger partial charge < -0.3 is 9.84 Å². The van der Waals surface area contributed by atoms with Gasteiger partial charge in [-0.25, -0.2) is 9.18 Å². The maximum Gasteiger partial charge on any atom is 0.336 e. The Kier molecular flexibility index (Phi) is 3.28. The van der Waals surface area contributed by atoms with Gasteiger partial charge in [0.2, 0.25) is 0 Å². The van der Waals surface area contributed by atoms with E-state index >= 15 is 0 Å². The molecule has 3 nitrogen and oxygen atoms in total. The molecule has 0 radical (unpaired) electrons. The van der Waals surface area contributed by atoms with Crippen LogP contribution in [0.5, 0.6) is 11.5 Å². The van der Waals surface area contributed by atoms with E-state index in [1.807, 2.05) is 0 Å². The summed E-state index contributed by atoms with van der Waals surface area (Å²) in [6.07, 6.45) is 0. The van der Waals surface area contributed by atoms with Gasteiger partial charge in [-0.1, -0.05) is 30.3 Å². The van der Waals surface area contributed by atoms with Gasteiger partial charge in [0.25, 0.3) is 0 Å². The summed E-state index contributed by atoms with van der Waals surface area (Å²) in [6, 6.07) is 15.9. The lowest BCUT2D eigenvalue weighted by atomic mass is 10.0. The lowest BCUT2D eigenvalue weighted by molar-refractivity contribution is 0.0699. The summed E-state index contributed by atoms with van der Waals surface area (Å²) in [5.74, 6) is -0.535. The summed E-state index contributed by atoms with van der Waals surface area (Å²) in [5.41, 5.74) is 0.206. The number of benzene rings is 3. The molecule has 21 heavy (non-hydrogen) atoms. The maximum absolute atomic E-state index is 13.2. The number of aromatic carboxylic acids is 1. The Morgan fingerprint density at radius 2 is 1.71 bits per heavy atom. The van der Waals surface area contributed by atoms with Crippen LogP contribution in [0.1, 0.15) is 10.4 Å². The molecule has 4 heteroatoms. The molecule has 0 amide bonds. The number of fused-ring (bicyclic) bond motifs is 1. The van der Waals surface area contributed by atoms with E-state index in [2.05, 4.69) is 0 Å². The molecule has 0 aliphatic carbocycles. The van der Waals surface area contributed by atoms with Crippen LogP contribution in [0.3, 0.4) is 0 Å². The number of carbonyl (C=O) groups is 1. The van der Waals surface area contributed by atoms with Gasteiger partial charge in [-0.3, -0.25) is 0 Å². The number of rotatable bonds is 3. The second-order valence-electron chi connectivity index (χ2n) is 4.52. The van der Waals surface area contributed by atoms with Crippen molar-refractivity contribution < 1.29 is 19.0 Å². The molecule has 0 atom stereocenters. The largest absolute Gasteiger partial charge is 0.478 e. The van der Waals surface area contributed by atoms with E-state index in [1.54, 1.807) is 42.5 Å². The van der Waals surface area contributed by atoms with Gasteiger partial charge in [-0.05, 0) is 29.7 Å². The summed E-state index contributed by atoms with van der Waals surface area (Å²) in [5, 5.41) is 10.5. The zero-order valence-corrected chi connectivity index (χ0v) is 10.9. The molecule has 0 bridgehead atoms. The van der Waals surface area contributed by atoms with Gasteiger partial charge in [0, 0.05) is 11.5 Å². The third-order valence-corrected chi connectivity index (χ3v) is 3.14. The number of ether oxygens (including phenoxy) is 1. The van der Waals surface area contributed by atoms with E-state index in [0.717, 1.165) is 0 Å². The van der Waals surface area contributed by atoms with Crippen molar-refractivity contribution in [2.45, 2.75) is 0 Å². The summed E-state index contributed by atoms with van der Waals surface area (Å²) < 4.78 is 18.9. The zero-order chi connectivity index (χ0) is 14.8. The number of hydrogen-bond acceptors (Lipinski definition) is 2. The van der Waals surface area contributed by atoms with Crippen LogP contribution >= 0.6 is 0 Å². The molecular weight excluding hydrogens is 271 g/mol. The SMILES string of the molecule is O=C(O)c1ccc(Oc2cccc(F)c2)c2ccccc12. The van der Waals surface area contributed by atoms with E-state index < -0.39 is 5.97 Å². The summed E-state index contributed by atoms with van der Waals surface area (Å²) in [7, 11) is 0. The van der Waals surface area contributed by atoms with Crippen molar-refractivity contribution in [3.05, 3.63) is 72.0 Å². The molecule has 0 saturated heterocycles. The third-order valence-electron chi connectivity index (χ3n) is 3.14. The molecule has 0 aliphatic heterocycles. The molecule has 3 aromatic carbocycles. The molecule has 0 unspecified atom stereocenters. The van der Waals surface area contributed by atoms with Gasteiger partial charge in [0.05, 0.1) is 5.56 Å². The first-order chi connectivity index (χ1) is 10.1. The predicted molar refractivity (Wildman–Crippen MR) is 77.4 cm³/mol. The first kappa shape index (κ1) is 13.1. The van der Waals surface area contributed by atoms with Gasteiger partial charge in [-0.15, -0.1) is 0 Å². The Labute approximate surface area is 120 Å². The molecule has 0 aliphatic rings. The van der Waals surface area contributed by atoms with Crippen LogP contribution in [0.4, 0.5) is 4.39 Å². The number of hydrogen-bond donors (Lipinski definition) is 1. The maximum atomic E-state index is 13.2. The van der Waals surface area contributed by atoms with Crippen molar-refractivity contribution >= 4 is 16.7 Å². The molecule has 0 spiro atoms. The summed E-state index contributed by atoms with van der Waals surface area (Å²) in [6.45, 7) is 0. The van der Waals surface area contributed by atoms with Crippen molar-refractivity contribution in [1.29, 1.82) is 0 Å². The lowest BCUT2D eigenvalue weighted by Crippen LogP contribution is -1.98. The Morgan fingerprint density at radius 3 is 2.43 bits per heavy atom. The quantitative estimate of drug-likeness (QED) is 0.771. The molecule has 104 valence electrons. The van der Waals surface area contributed by atoms with Crippen LogP contribution in [0, 0.1) is 5.82 Å². The van der Waals surface area contributed by atoms with Crippen LogP contribution in [-0.4, -0.2) is 11.1 Å². The third kappa shape index (κ3) is 2.56. The standard InChI is InChI=1S/C17H11FO3/c18-11-4-3-5-12(10-11)21-16-9-8-15(17(19)20)13-6-1-2-7-14(13)16/h1-10H,(H,19,20). The fraction of sp³-hybridized carbons (Fsp3) is 0. The highest BCUT2D eigenvalue weighted by Gasteiger charge is 2.12. The minimum absolute atomic E-state index is 0.206. The van der Waals surface area contributed by atoms with Gasteiger partial charge >= 0.3 is 5.97 Å². The highest BCUT2D eigenvalue weighted by atomic mass is 19.1. The monoisotopic (exact) mass is 282 g/mol. The molecule has 0 aromatic heterocycles. The summed E-state index contributed by atoms with van der Waals surface area (Å²) >= 11 is 0. The fourth-order valence-electron chi connectivity index (χ4n) is 2.20. The highest BCUT2D eigenvalue weighted by molar-refractivity contribution is 6.05. The van der Waals surface area contributed by atoms with E-state index in [0.29, 0.717) is 22.3 Å². The average Bonchev–Trinajstić information content (AvgIpc) is 2.47. The fourth-order valence-corrected chi connectivity index (χ4v) is 2.20. The molecule has 0 saturated carbocycles. The molecule has 0 fully saturated rings. The smallest absolute Gasteiger partial charge is 0.336 e. The molecular formula is C17H11FO3. The first-order valence-corrected chi connectivity index (χ1v) is 6.33. The second-order valence-corrected chi connectivity index (χ2v) is 4.52. The second kappa shape index (κ2) is 5.25. The Morgan fingerprint density at radius 1 is 0.952 bits per heavy atom. The van der Waals surface area contributed by atoms with Gasteiger partial charge in [-0.2, -0.15) is 0 Å². The zero-order valence-electron chi connectivity index (χ0n) is 10.9. The van der Waals surface area contributed by atoms with Crippen molar-refractivity contribution in [2.75, 3.05) is 0 Å². The topological polar surface area (TPSA) is 46.5 Å². The highest BCUT2D eigenvalue weighted by Crippen LogP contribution is 2.32. The average molecular weight is 282 g/mol. The number of halogens is 1. The van der Waals surface area contributed by atoms with Crippen molar-refractivity contribution in [3.8, 4) is 11.5 Å². The van der Waals surface area contributed by atoms with Crippen LogP contribution < -0.4 is 4.74 Å². The van der Waals surface area contributed by atoms with Gasteiger partial charge in [0.15, 0.2) is 0 Å². The van der Waals surface area contributed by atoms with Crippen molar-refractivity contribution in [3.63, 3.8) is 0 Å². The predicted octanol–water partition coefficient (Wildman–Crippen LogP) is 4.47. The minimum atomic E-state index is -0.997. The van der Waals surface area contributed by atoms with E-state index in [1.165, 1.54) is 18.2 Å². The number of carboxylic acids is 1. The van der Waals surface area contributed by atoms with Crippen LogP contribution in [0.2, 0.25) is 0 Å². The van der Waals surface area contributed by atoms with Crippen LogP contribution in [-0.2, 0) is 0 Å². The van der Waals surface area contributed by atoms with Crippen LogP contribution in [0.25, 0.3) is 10.8 Å². The van der Waals surface area contributed by atoms with Crippen molar-refractivity contribution in [2.24, 2.45) is 0 Å². The van der Waals surface area contributed by atoms with Crippen molar-refractivity contribution in [1.82, 2.24) is 0 Å². The summed E-state index contributed by atoms with van der Waals surface area (Å²) in [4.78, 5) is 11.2. The molecule has 3 aromatic rings. The van der Waals surface area contributed by atoms with E-state index in [-0.39, 0.29) is 11.4 Å².